The van der Waals surface area contributed by atoms with Gasteiger partial charge in [-0.3, -0.25) is 4.79 Å². The minimum Gasteiger partial charge on any atom is -0.476 e. The van der Waals surface area contributed by atoms with Gasteiger partial charge in [-0.1, -0.05) is 0 Å². The highest BCUT2D eigenvalue weighted by Gasteiger charge is 2.16. The standard InChI is InChI=1S/C10H12N2O4/c1-6(16-2)9(13)12-7-4-3-5-11-8(7)10(14)15/h3-6H,1-2H3,(H,12,13)(H,14,15). The lowest BCUT2D eigenvalue weighted by molar-refractivity contribution is -0.124. The number of nitrogens with zero attached hydrogens (tertiary/aromatic N) is 1. The molecule has 1 atom stereocenters. The number of pyridine rings is 1. The highest BCUT2D eigenvalue weighted by Crippen LogP contribution is 2.12. The van der Waals surface area contributed by atoms with Crippen LogP contribution in [-0.2, 0) is 9.53 Å². The van der Waals surface area contributed by atoms with E-state index in [-0.39, 0.29) is 11.4 Å². The zero-order valence-corrected chi connectivity index (χ0v) is 8.93. The van der Waals surface area contributed by atoms with Gasteiger partial charge in [0.1, 0.15) is 6.10 Å². The molecule has 0 aliphatic carbocycles. The van der Waals surface area contributed by atoms with E-state index in [0.717, 1.165) is 0 Å². The maximum atomic E-state index is 11.5. The van der Waals surface area contributed by atoms with Crippen LogP contribution < -0.4 is 5.32 Å². The quantitative estimate of drug-likeness (QED) is 0.787. The smallest absolute Gasteiger partial charge is 0.356 e. The Kier molecular flexibility index (Phi) is 3.96. The van der Waals surface area contributed by atoms with E-state index < -0.39 is 18.0 Å². The number of amides is 1. The molecule has 0 saturated heterocycles. The number of nitrogens with one attached hydrogen (secondary N) is 1. The normalized spacial score (nSPS) is 11.9. The fraction of sp³-hybridized carbons (Fsp3) is 0.300. The zero-order chi connectivity index (χ0) is 12.1. The van der Waals surface area contributed by atoms with E-state index in [9.17, 15) is 9.59 Å². The van der Waals surface area contributed by atoms with Gasteiger partial charge in [0.15, 0.2) is 5.69 Å². The van der Waals surface area contributed by atoms with Crippen molar-refractivity contribution in [2.75, 3.05) is 12.4 Å². The number of ether oxygens (including phenoxy) is 1. The largest absolute Gasteiger partial charge is 0.476 e. The Morgan fingerprint density at radius 2 is 2.25 bits per heavy atom. The van der Waals surface area contributed by atoms with Crippen molar-refractivity contribution in [2.24, 2.45) is 0 Å². The van der Waals surface area contributed by atoms with Crippen molar-refractivity contribution in [1.29, 1.82) is 0 Å². The molecule has 1 aromatic heterocycles. The Hall–Kier alpha value is -1.95. The summed E-state index contributed by atoms with van der Waals surface area (Å²) in [5, 5.41) is 11.3. The first-order valence-electron chi connectivity index (χ1n) is 4.58. The van der Waals surface area contributed by atoms with Crippen LogP contribution in [0.1, 0.15) is 17.4 Å². The molecule has 0 aliphatic rings. The highest BCUT2D eigenvalue weighted by atomic mass is 16.5. The lowest BCUT2D eigenvalue weighted by atomic mass is 10.2. The van der Waals surface area contributed by atoms with Crippen molar-refractivity contribution in [2.45, 2.75) is 13.0 Å². The molecule has 2 N–H and O–H groups in total. The van der Waals surface area contributed by atoms with Crippen LogP contribution in [0.25, 0.3) is 0 Å². The Balaban J connectivity index is 2.89. The Bertz CT molecular complexity index is 406. The topological polar surface area (TPSA) is 88.5 Å². The van der Waals surface area contributed by atoms with Gasteiger partial charge in [0.05, 0.1) is 5.69 Å². The van der Waals surface area contributed by atoms with E-state index in [2.05, 4.69) is 10.3 Å². The maximum absolute atomic E-state index is 11.5. The summed E-state index contributed by atoms with van der Waals surface area (Å²) in [5.41, 5.74) is -0.0388. The number of carboxylic acids is 1. The number of carboxylic acid groups (broad SMARTS) is 1. The van der Waals surface area contributed by atoms with Crippen LogP contribution in [0.4, 0.5) is 5.69 Å². The first-order chi connectivity index (χ1) is 7.56. The van der Waals surface area contributed by atoms with Crippen LogP contribution in [0, 0.1) is 0 Å². The van der Waals surface area contributed by atoms with E-state index >= 15 is 0 Å². The molecule has 1 heterocycles. The molecular weight excluding hydrogens is 212 g/mol. The third kappa shape index (κ3) is 2.77. The molecule has 1 unspecified atom stereocenters. The van der Waals surface area contributed by atoms with Crippen molar-refractivity contribution in [1.82, 2.24) is 4.98 Å². The summed E-state index contributed by atoms with van der Waals surface area (Å²) in [4.78, 5) is 25.9. The van der Waals surface area contributed by atoms with Gasteiger partial charge in [0.25, 0.3) is 5.91 Å². The van der Waals surface area contributed by atoms with E-state index in [1.165, 1.54) is 19.4 Å². The fourth-order valence-electron chi connectivity index (χ4n) is 1.02. The van der Waals surface area contributed by atoms with Gasteiger partial charge in [-0.25, -0.2) is 9.78 Å². The lowest BCUT2D eigenvalue weighted by Crippen LogP contribution is -2.27. The van der Waals surface area contributed by atoms with Crippen molar-refractivity contribution >= 4 is 17.6 Å². The van der Waals surface area contributed by atoms with Crippen LogP contribution in [-0.4, -0.2) is 35.2 Å². The second kappa shape index (κ2) is 5.22. The van der Waals surface area contributed by atoms with E-state index in [1.807, 2.05) is 0 Å². The summed E-state index contributed by atoms with van der Waals surface area (Å²) >= 11 is 0. The summed E-state index contributed by atoms with van der Waals surface area (Å²) in [6.07, 6.45) is 0.695. The number of carbonyl (C=O) groups is 2. The number of carbonyl (C=O) groups excluding carboxylic acids is 1. The molecule has 6 nitrogen and oxygen atoms in total. The first kappa shape index (κ1) is 12.1. The number of aromatic nitrogens is 1. The molecule has 0 fully saturated rings. The molecule has 0 spiro atoms. The van der Waals surface area contributed by atoms with Crippen molar-refractivity contribution in [3.05, 3.63) is 24.0 Å². The Labute approximate surface area is 92.3 Å². The van der Waals surface area contributed by atoms with Gasteiger partial charge in [0, 0.05) is 13.3 Å². The van der Waals surface area contributed by atoms with Gasteiger partial charge in [-0.05, 0) is 19.1 Å². The minimum atomic E-state index is -1.19. The molecule has 0 aliphatic heterocycles. The fourth-order valence-corrected chi connectivity index (χ4v) is 1.02. The van der Waals surface area contributed by atoms with Crippen molar-refractivity contribution in [3.63, 3.8) is 0 Å². The first-order valence-corrected chi connectivity index (χ1v) is 4.58. The molecule has 0 aromatic carbocycles. The second-order valence-corrected chi connectivity index (χ2v) is 3.07. The average Bonchev–Trinajstić information content (AvgIpc) is 2.28. The minimum absolute atomic E-state index is 0.156. The van der Waals surface area contributed by atoms with Crippen LogP contribution in [0.15, 0.2) is 18.3 Å². The predicted molar refractivity (Wildman–Crippen MR) is 56.3 cm³/mol. The molecule has 0 radical (unpaired) electrons. The van der Waals surface area contributed by atoms with E-state index in [4.69, 9.17) is 9.84 Å². The van der Waals surface area contributed by atoms with E-state index in [0.29, 0.717) is 0 Å². The molecule has 1 rings (SSSR count). The molecule has 16 heavy (non-hydrogen) atoms. The number of hydrogen-bond acceptors (Lipinski definition) is 4. The van der Waals surface area contributed by atoms with Crippen molar-refractivity contribution < 1.29 is 19.4 Å². The molecule has 0 bridgehead atoms. The van der Waals surface area contributed by atoms with Gasteiger partial charge >= 0.3 is 5.97 Å². The van der Waals surface area contributed by atoms with Gasteiger partial charge in [-0.2, -0.15) is 0 Å². The van der Waals surface area contributed by atoms with Gasteiger partial charge in [0.2, 0.25) is 0 Å². The highest BCUT2D eigenvalue weighted by molar-refractivity contribution is 6.00. The third-order valence-electron chi connectivity index (χ3n) is 1.99. The monoisotopic (exact) mass is 224 g/mol. The van der Waals surface area contributed by atoms with Gasteiger partial charge in [-0.15, -0.1) is 0 Å². The summed E-state index contributed by atoms with van der Waals surface area (Å²) in [5.74, 6) is -1.61. The predicted octanol–water partition coefficient (Wildman–Crippen LogP) is 0.753. The summed E-state index contributed by atoms with van der Waals surface area (Å²) < 4.78 is 4.80. The molecule has 1 aromatic rings. The lowest BCUT2D eigenvalue weighted by Gasteiger charge is -2.11. The van der Waals surface area contributed by atoms with Crippen LogP contribution in [0.3, 0.4) is 0 Å². The SMILES string of the molecule is COC(C)C(=O)Nc1cccnc1C(=O)O. The second-order valence-electron chi connectivity index (χ2n) is 3.07. The third-order valence-corrected chi connectivity index (χ3v) is 1.99. The number of anilines is 1. The van der Waals surface area contributed by atoms with Crippen LogP contribution in [0.2, 0.25) is 0 Å². The molecule has 1 amide bonds. The van der Waals surface area contributed by atoms with Crippen LogP contribution >= 0.6 is 0 Å². The maximum Gasteiger partial charge on any atom is 0.356 e. The number of methoxy groups -OCH3 is 1. The number of aromatic carboxylic acids is 1. The van der Waals surface area contributed by atoms with Gasteiger partial charge < -0.3 is 15.2 Å². The average molecular weight is 224 g/mol. The molecular formula is C10H12N2O4. The summed E-state index contributed by atoms with van der Waals surface area (Å²) in [6.45, 7) is 1.56. The molecule has 86 valence electrons. The van der Waals surface area contributed by atoms with Crippen molar-refractivity contribution in [3.8, 4) is 0 Å². The zero-order valence-electron chi connectivity index (χ0n) is 8.93. The van der Waals surface area contributed by atoms with E-state index in [1.54, 1.807) is 13.0 Å². The number of hydrogen-bond donors (Lipinski definition) is 2. The molecule has 0 saturated carbocycles. The molecule has 6 heteroatoms. The Morgan fingerprint density at radius 1 is 1.56 bits per heavy atom. The van der Waals surface area contributed by atoms with Crippen LogP contribution in [0.5, 0.6) is 0 Å². The number of rotatable bonds is 4. The summed E-state index contributed by atoms with van der Waals surface area (Å²) in [7, 11) is 1.39. The summed E-state index contributed by atoms with van der Waals surface area (Å²) in [6, 6.07) is 3.01. The Morgan fingerprint density at radius 3 is 2.81 bits per heavy atom.